The van der Waals surface area contributed by atoms with E-state index in [1.54, 1.807) is 0 Å². The Labute approximate surface area is 117 Å². The summed E-state index contributed by atoms with van der Waals surface area (Å²) in [5.41, 5.74) is 0.667. The van der Waals surface area contributed by atoms with Crippen LogP contribution in [0.1, 0.15) is 40.2 Å². The van der Waals surface area contributed by atoms with Crippen LogP contribution in [0, 0.1) is 5.92 Å². The SMILES string of the molecule is CC(C)CN(CC(C)(C=O)c1ccccc1)C(C)C. The first-order valence-corrected chi connectivity index (χ1v) is 7.15. The molecular formula is C17H27NO. The number of hydrogen-bond acceptors (Lipinski definition) is 2. The van der Waals surface area contributed by atoms with Crippen molar-refractivity contribution in [3.63, 3.8) is 0 Å². The third kappa shape index (κ3) is 4.46. The van der Waals surface area contributed by atoms with E-state index in [1.165, 1.54) is 0 Å². The fourth-order valence-electron chi connectivity index (χ4n) is 2.36. The number of nitrogens with zero attached hydrogens (tertiary/aromatic N) is 1. The van der Waals surface area contributed by atoms with Crippen molar-refractivity contribution in [2.45, 2.75) is 46.1 Å². The molecule has 106 valence electrons. The molecule has 0 heterocycles. The molecule has 0 aromatic heterocycles. The van der Waals surface area contributed by atoms with Gasteiger partial charge in [-0.1, -0.05) is 44.2 Å². The van der Waals surface area contributed by atoms with Gasteiger partial charge in [-0.3, -0.25) is 4.90 Å². The Hall–Kier alpha value is -1.15. The second kappa shape index (κ2) is 6.85. The van der Waals surface area contributed by atoms with Gasteiger partial charge in [-0.2, -0.15) is 0 Å². The minimum atomic E-state index is -0.430. The quantitative estimate of drug-likeness (QED) is 0.700. The van der Waals surface area contributed by atoms with E-state index in [9.17, 15) is 4.79 Å². The number of hydrogen-bond donors (Lipinski definition) is 0. The maximum absolute atomic E-state index is 11.6. The predicted molar refractivity (Wildman–Crippen MR) is 81.4 cm³/mol. The van der Waals surface area contributed by atoms with E-state index >= 15 is 0 Å². The summed E-state index contributed by atoms with van der Waals surface area (Å²) >= 11 is 0. The second-order valence-corrected chi connectivity index (χ2v) is 6.32. The standard InChI is InChI=1S/C17H27NO/c1-14(2)11-18(15(3)4)12-17(5,13-19)16-9-7-6-8-10-16/h6-10,13-15H,11-12H2,1-5H3. The number of carbonyl (C=O) groups is 1. The molecule has 1 unspecified atom stereocenters. The molecule has 1 rings (SSSR count). The monoisotopic (exact) mass is 261 g/mol. The maximum Gasteiger partial charge on any atom is 0.131 e. The third-order valence-corrected chi connectivity index (χ3v) is 3.55. The Morgan fingerprint density at radius 2 is 1.74 bits per heavy atom. The van der Waals surface area contributed by atoms with Gasteiger partial charge in [0.05, 0.1) is 5.41 Å². The highest BCUT2D eigenvalue weighted by Gasteiger charge is 2.29. The normalized spacial score (nSPS) is 14.9. The van der Waals surface area contributed by atoms with Crippen LogP contribution in [0.3, 0.4) is 0 Å². The van der Waals surface area contributed by atoms with Crippen molar-refractivity contribution in [2.24, 2.45) is 5.92 Å². The molecule has 0 N–H and O–H groups in total. The lowest BCUT2D eigenvalue weighted by atomic mass is 9.83. The van der Waals surface area contributed by atoms with E-state index in [0.717, 1.165) is 24.9 Å². The van der Waals surface area contributed by atoms with Gasteiger partial charge in [0, 0.05) is 19.1 Å². The average Bonchev–Trinajstić information content (AvgIpc) is 2.38. The molecule has 2 nitrogen and oxygen atoms in total. The highest BCUT2D eigenvalue weighted by atomic mass is 16.1. The van der Waals surface area contributed by atoms with E-state index in [2.05, 4.69) is 32.6 Å². The number of aldehydes is 1. The van der Waals surface area contributed by atoms with Crippen LogP contribution in [0.25, 0.3) is 0 Å². The highest BCUT2D eigenvalue weighted by molar-refractivity contribution is 5.68. The molecule has 0 aliphatic rings. The first-order valence-electron chi connectivity index (χ1n) is 7.15. The molecular weight excluding hydrogens is 234 g/mol. The van der Waals surface area contributed by atoms with E-state index in [0.29, 0.717) is 12.0 Å². The highest BCUT2D eigenvalue weighted by Crippen LogP contribution is 2.24. The van der Waals surface area contributed by atoms with Gasteiger partial charge in [0.25, 0.3) is 0 Å². The number of benzene rings is 1. The summed E-state index contributed by atoms with van der Waals surface area (Å²) in [6, 6.07) is 10.5. The second-order valence-electron chi connectivity index (χ2n) is 6.32. The summed E-state index contributed by atoms with van der Waals surface area (Å²) in [7, 11) is 0. The Kier molecular flexibility index (Phi) is 5.74. The zero-order valence-corrected chi connectivity index (χ0v) is 12.9. The van der Waals surface area contributed by atoms with Crippen LogP contribution in [0.2, 0.25) is 0 Å². The van der Waals surface area contributed by atoms with Crippen molar-refractivity contribution in [1.29, 1.82) is 0 Å². The van der Waals surface area contributed by atoms with E-state index in [1.807, 2.05) is 37.3 Å². The van der Waals surface area contributed by atoms with Gasteiger partial charge in [-0.25, -0.2) is 0 Å². The lowest BCUT2D eigenvalue weighted by Crippen LogP contribution is -2.45. The molecule has 0 aliphatic heterocycles. The molecule has 1 aromatic rings. The summed E-state index contributed by atoms with van der Waals surface area (Å²) < 4.78 is 0. The van der Waals surface area contributed by atoms with Crippen LogP contribution in [0.5, 0.6) is 0 Å². The van der Waals surface area contributed by atoms with Crippen LogP contribution in [-0.4, -0.2) is 30.3 Å². The fourth-order valence-corrected chi connectivity index (χ4v) is 2.36. The molecule has 0 saturated heterocycles. The van der Waals surface area contributed by atoms with E-state index < -0.39 is 5.41 Å². The van der Waals surface area contributed by atoms with Gasteiger partial charge in [0.2, 0.25) is 0 Å². The zero-order chi connectivity index (χ0) is 14.5. The lowest BCUT2D eigenvalue weighted by Gasteiger charge is -2.35. The number of carbonyl (C=O) groups excluding carboxylic acids is 1. The molecule has 0 radical (unpaired) electrons. The van der Waals surface area contributed by atoms with Crippen LogP contribution >= 0.6 is 0 Å². The Balaban J connectivity index is 2.93. The van der Waals surface area contributed by atoms with Crippen molar-refractivity contribution >= 4 is 6.29 Å². The van der Waals surface area contributed by atoms with Crippen LogP contribution in [0.15, 0.2) is 30.3 Å². The van der Waals surface area contributed by atoms with Crippen LogP contribution < -0.4 is 0 Å². The fraction of sp³-hybridized carbons (Fsp3) is 0.588. The summed E-state index contributed by atoms with van der Waals surface area (Å²) in [6.45, 7) is 12.7. The largest absolute Gasteiger partial charge is 0.302 e. The third-order valence-electron chi connectivity index (χ3n) is 3.55. The van der Waals surface area contributed by atoms with Crippen molar-refractivity contribution in [1.82, 2.24) is 4.90 Å². The smallest absolute Gasteiger partial charge is 0.131 e. The zero-order valence-electron chi connectivity index (χ0n) is 12.9. The molecule has 0 bridgehead atoms. The van der Waals surface area contributed by atoms with Gasteiger partial charge in [-0.15, -0.1) is 0 Å². The van der Waals surface area contributed by atoms with Gasteiger partial charge >= 0.3 is 0 Å². The molecule has 0 saturated carbocycles. The van der Waals surface area contributed by atoms with E-state index in [-0.39, 0.29) is 0 Å². The molecule has 19 heavy (non-hydrogen) atoms. The Bertz CT molecular complexity index is 386. The first-order chi connectivity index (χ1) is 8.89. The van der Waals surface area contributed by atoms with Crippen LogP contribution in [0.4, 0.5) is 0 Å². The summed E-state index contributed by atoms with van der Waals surface area (Å²) in [5.74, 6) is 0.606. The summed E-state index contributed by atoms with van der Waals surface area (Å²) in [6.07, 6.45) is 1.10. The van der Waals surface area contributed by atoms with Crippen molar-refractivity contribution in [3.8, 4) is 0 Å². The van der Waals surface area contributed by atoms with Gasteiger partial charge in [0.15, 0.2) is 0 Å². The Morgan fingerprint density at radius 1 is 1.16 bits per heavy atom. The number of rotatable bonds is 7. The minimum absolute atomic E-state index is 0.430. The Morgan fingerprint density at radius 3 is 2.16 bits per heavy atom. The molecule has 0 amide bonds. The van der Waals surface area contributed by atoms with Gasteiger partial charge < -0.3 is 4.79 Å². The van der Waals surface area contributed by atoms with Crippen LogP contribution in [-0.2, 0) is 10.2 Å². The van der Waals surface area contributed by atoms with Gasteiger partial charge in [-0.05, 0) is 32.3 Å². The average molecular weight is 261 g/mol. The minimum Gasteiger partial charge on any atom is -0.302 e. The maximum atomic E-state index is 11.6. The van der Waals surface area contributed by atoms with E-state index in [4.69, 9.17) is 0 Å². The first kappa shape index (κ1) is 15.9. The molecule has 1 aromatic carbocycles. The summed E-state index contributed by atoms with van der Waals surface area (Å²) in [4.78, 5) is 14.0. The van der Waals surface area contributed by atoms with Crippen molar-refractivity contribution in [2.75, 3.05) is 13.1 Å². The van der Waals surface area contributed by atoms with Gasteiger partial charge in [0.1, 0.15) is 6.29 Å². The van der Waals surface area contributed by atoms with Crippen molar-refractivity contribution in [3.05, 3.63) is 35.9 Å². The summed E-state index contributed by atoms with van der Waals surface area (Å²) in [5, 5.41) is 0. The molecule has 0 aliphatic carbocycles. The van der Waals surface area contributed by atoms with Crippen molar-refractivity contribution < 1.29 is 4.79 Å². The lowest BCUT2D eigenvalue weighted by molar-refractivity contribution is -0.113. The predicted octanol–water partition coefficient (Wildman–Crippen LogP) is 3.51. The molecule has 0 fully saturated rings. The topological polar surface area (TPSA) is 20.3 Å². The molecule has 0 spiro atoms. The molecule has 1 atom stereocenters. The molecule has 2 heteroatoms.